The molecule has 0 saturated carbocycles. The fourth-order valence-corrected chi connectivity index (χ4v) is 4.42. The number of alkyl halides is 6. The van der Waals surface area contributed by atoms with Crippen LogP contribution in [0.15, 0.2) is 24.3 Å². The van der Waals surface area contributed by atoms with Crippen LogP contribution in [0.4, 0.5) is 26.3 Å². The SMILES string of the molecule is CCCCc1cc2ccc(C(C)C)cc2[s+]1C(F)(F)F.O=S(=O)([O-])C(F)(F)F. The zero-order valence-electron chi connectivity index (χ0n) is 15.3. The van der Waals surface area contributed by atoms with Crippen molar-refractivity contribution >= 4 is 30.7 Å². The highest BCUT2D eigenvalue weighted by molar-refractivity contribution is 7.86. The van der Waals surface area contributed by atoms with Gasteiger partial charge in [-0.2, -0.15) is 13.2 Å². The second-order valence-electron chi connectivity index (χ2n) is 6.32. The first-order valence-electron chi connectivity index (χ1n) is 8.27. The lowest BCUT2D eigenvalue weighted by Gasteiger charge is -2.08. The van der Waals surface area contributed by atoms with Gasteiger partial charge in [-0.1, -0.05) is 33.3 Å². The Morgan fingerprint density at radius 1 is 1.07 bits per heavy atom. The predicted octanol–water partition coefficient (Wildman–Crippen LogP) is 6.58. The summed E-state index contributed by atoms with van der Waals surface area (Å²) >= 11 is 0. The van der Waals surface area contributed by atoms with Crippen molar-refractivity contribution in [3.05, 3.63) is 34.7 Å². The van der Waals surface area contributed by atoms with Gasteiger partial charge in [-0.3, -0.25) is 0 Å². The van der Waals surface area contributed by atoms with E-state index in [-0.39, 0.29) is 5.92 Å². The average molecular weight is 450 g/mol. The average Bonchev–Trinajstić information content (AvgIpc) is 2.88. The molecule has 0 bridgehead atoms. The Morgan fingerprint density at radius 3 is 2.00 bits per heavy atom. The molecule has 0 spiro atoms. The minimum absolute atomic E-state index is 0.249. The molecule has 1 atom stereocenters. The lowest BCUT2D eigenvalue weighted by atomic mass is 10.0. The number of fused-ring (bicyclic) bond motifs is 1. The zero-order valence-corrected chi connectivity index (χ0v) is 17.0. The topological polar surface area (TPSA) is 57.2 Å². The maximum Gasteiger partial charge on any atom is 0.600 e. The molecule has 1 aromatic carbocycles. The molecular weight excluding hydrogens is 430 g/mol. The van der Waals surface area contributed by atoms with Crippen LogP contribution in [0, 0.1) is 0 Å². The summed E-state index contributed by atoms with van der Waals surface area (Å²) < 4.78 is 99.6. The maximum absolute atomic E-state index is 13.4. The number of halogens is 6. The number of unbranched alkanes of at least 4 members (excludes halogenated alkanes) is 1. The summed E-state index contributed by atoms with van der Waals surface area (Å²) in [5.41, 5.74) is -8.83. The van der Waals surface area contributed by atoms with E-state index >= 15 is 0 Å². The van der Waals surface area contributed by atoms with E-state index in [1.807, 2.05) is 32.9 Å². The smallest absolute Gasteiger partial charge is 0.600 e. The van der Waals surface area contributed by atoms with Gasteiger partial charge in [0, 0.05) is 23.9 Å². The second-order valence-corrected chi connectivity index (χ2v) is 9.73. The van der Waals surface area contributed by atoms with Gasteiger partial charge in [0.1, 0.15) is 0 Å². The summed E-state index contributed by atoms with van der Waals surface area (Å²) in [6.07, 6.45) is 2.28. The quantitative estimate of drug-likeness (QED) is 0.229. The number of rotatable bonds is 4. The Labute approximate surface area is 162 Å². The molecular formula is C17H20F6O3S2. The van der Waals surface area contributed by atoms with Crippen LogP contribution in [0.2, 0.25) is 0 Å². The van der Waals surface area contributed by atoms with Gasteiger partial charge in [-0.25, -0.2) is 8.42 Å². The number of hydrogen-bond acceptors (Lipinski definition) is 3. The summed E-state index contributed by atoms with van der Waals surface area (Å²) in [5, 5.41) is 0.751. The van der Waals surface area contributed by atoms with Crippen LogP contribution >= 0.6 is 10.5 Å². The first-order chi connectivity index (χ1) is 12.6. The maximum atomic E-state index is 13.4. The number of benzene rings is 1. The second kappa shape index (κ2) is 9.00. The van der Waals surface area contributed by atoms with Gasteiger partial charge < -0.3 is 4.55 Å². The van der Waals surface area contributed by atoms with Crippen LogP contribution in [0.1, 0.15) is 50.0 Å². The predicted molar refractivity (Wildman–Crippen MR) is 96.2 cm³/mol. The summed E-state index contributed by atoms with van der Waals surface area (Å²) in [4.78, 5) is 0.551. The van der Waals surface area contributed by atoms with Crippen LogP contribution in [-0.4, -0.2) is 18.5 Å². The van der Waals surface area contributed by atoms with Gasteiger partial charge in [0.05, 0.1) is 10.5 Å². The van der Waals surface area contributed by atoms with Crippen LogP contribution in [0.25, 0.3) is 10.1 Å². The molecule has 0 amide bonds. The van der Waals surface area contributed by atoms with Gasteiger partial charge >= 0.3 is 11.0 Å². The Kier molecular flexibility index (Phi) is 7.94. The monoisotopic (exact) mass is 450 g/mol. The van der Waals surface area contributed by atoms with Crippen molar-refractivity contribution in [2.75, 3.05) is 0 Å². The molecule has 2 aromatic rings. The Bertz CT molecular complexity index is 896. The molecule has 160 valence electrons. The van der Waals surface area contributed by atoms with E-state index in [1.165, 1.54) is 0 Å². The minimum atomic E-state index is -6.09. The number of thiophene rings is 1. The lowest BCUT2D eigenvalue weighted by molar-refractivity contribution is -0.0867. The van der Waals surface area contributed by atoms with E-state index in [2.05, 4.69) is 0 Å². The zero-order chi connectivity index (χ0) is 21.9. The van der Waals surface area contributed by atoms with Crippen LogP contribution in [-0.2, 0) is 22.0 Å². The third-order valence-electron chi connectivity index (χ3n) is 3.79. The third kappa shape index (κ3) is 6.35. The number of hydrogen-bond donors (Lipinski definition) is 0. The van der Waals surface area contributed by atoms with E-state index in [9.17, 15) is 26.3 Å². The molecule has 1 heterocycles. The molecule has 0 N–H and O–H groups in total. The van der Waals surface area contributed by atoms with Gasteiger partial charge in [0.15, 0.2) is 19.7 Å². The van der Waals surface area contributed by atoms with Crippen molar-refractivity contribution in [2.45, 2.75) is 57.0 Å². The van der Waals surface area contributed by atoms with Crippen molar-refractivity contribution in [3.63, 3.8) is 0 Å². The summed E-state index contributed by atoms with van der Waals surface area (Å²) in [7, 11) is -7.81. The molecule has 2 rings (SSSR count). The third-order valence-corrected chi connectivity index (χ3v) is 6.46. The number of aryl methyl sites for hydroxylation is 1. The Hall–Kier alpha value is -1.33. The highest BCUT2D eigenvalue weighted by atomic mass is 32.2. The van der Waals surface area contributed by atoms with Gasteiger partial charge in [0.2, 0.25) is 0 Å². The van der Waals surface area contributed by atoms with Gasteiger partial charge in [-0.05, 0) is 24.0 Å². The highest BCUT2D eigenvalue weighted by Crippen LogP contribution is 2.51. The van der Waals surface area contributed by atoms with E-state index in [0.29, 0.717) is 16.0 Å². The largest absolute Gasteiger partial charge is 0.741 e. The van der Waals surface area contributed by atoms with E-state index in [4.69, 9.17) is 13.0 Å². The van der Waals surface area contributed by atoms with Crippen molar-refractivity contribution in [1.29, 1.82) is 0 Å². The Balaban J connectivity index is 0.000000416. The summed E-state index contributed by atoms with van der Waals surface area (Å²) in [5.74, 6) is 0.249. The van der Waals surface area contributed by atoms with E-state index in [0.717, 1.165) is 23.8 Å². The van der Waals surface area contributed by atoms with Gasteiger partial charge in [0.25, 0.3) is 0 Å². The molecule has 0 aliphatic heterocycles. The fourth-order valence-electron chi connectivity index (χ4n) is 2.38. The molecule has 28 heavy (non-hydrogen) atoms. The molecule has 0 aliphatic rings. The highest BCUT2D eigenvalue weighted by Gasteiger charge is 2.47. The molecule has 0 radical (unpaired) electrons. The van der Waals surface area contributed by atoms with Crippen molar-refractivity contribution < 1.29 is 39.3 Å². The first-order valence-corrected chi connectivity index (χ1v) is 10.9. The van der Waals surface area contributed by atoms with Crippen LogP contribution in [0.3, 0.4) is 0 Å². The standard InChI is InChI=1S/C16H20F3S.CHF3O3S/c1-4-5-6-14-9-13-8-7-12(11(2)3)10-15(13)20(14)16(17,18)19;2-1(3,4)8(5,6)7/h7-11H,4-6H2,1-3H3;(H,5,6,7)/q+1;/p-1. The normalized spacial score (nSPS) is 13.6. The molecule has 0 saturated heterocycles. The van der Waals surface area contributed by atoms with E-state index in [1.54, 1.807) is 12.1 Å². The van der Waals surface area contributed by atoms with Crippen LogP contribution < -0.4 is 0 Å². The lowest BCUT2D eigenvalue weighted by Crippen LogP contribution is -2.21. The molecule has 0 aliphatic carbocycles. The molecule has 11 heteroatoms. The Morgan fingerprint density at radius 2 is 1.61 bits per heavy atom. The first kappa shape index (κ1) is 24.7. The minimum Gasteiger partial charge on any atom is -0.741 e. The summed E-state index contributed by atoms with van der Waals surface area (Å²) in [6.45, 7) is 6.02. The molecule has 3 nitrogen and oxygen atoms in total. The molecule has 0 fully saturated rings. The van der Waals surface area contributed by atoms with E-state index < -0.39 is 31.6 Å². The molecule has 1 aromatic heterocycles. The fraction of sp³-hybridized carbons (Fsp3) is 0.529. The van der Waals surface area contributed by atoms with Crippen molar-refractivity contribution in [2.24, 2.45) is 0 Å². The van der Waals surface area contributed by atoms with Crippen molar-refractivity contribution in [1.82, 2.24) is 0 Å². The van der Waals surface area contributed by atoms with Gasteiger partial charge in [-0.15, -0.1) is 13.2 Å². The summed E-state index contributed by atoms with van der Waals surface area (Å²) in [6, 6.07) is 7.30. The van der Waals surface area contributed by atoms with Crippen LogP contribution in [0.5, 0.6) is 0 Å². The van der Waals surface area contributed by atoms with Crippen molar-refractivity contribution in [3.8, 4) is 0 Å². The molecule has 1 unspecified atom stereocenters.